The van der Waals surface area contributed by atoms with E-state index in [1.807, 2.05) is 42.5 Å². The number of carbonyl (C=O) groups is 4. The number of likely N-dealkylation sites (tertiary alicyclic amines) is 1. The number of para-hydroxylation sites is 1. The van der Waals surface area contributed by atoms with Gasteiger partial charge in [-0.3, -0.25) is 29.4 Å². The first kappa shape index (κ1) is 24.6. The van der Waals surface area contributed by atoms with Crippen LogP contribution in [0.5, 0.6) is 0 Å². The van der Waals surface area contributed by atoms with E-state index in [0.29, 0.717) is 18.4 Å². The molecular weight excluding hydrogens is 486 g/mol. The Morgan fingerprint density at radius 3 is 2.37 bits per heavy atom. The molecule has 1 saturated carbocycles. The molecule has 1 aliphatic carbocycles. The molecule has 4 unspecified atom stereocenters. The third kappa shape index (κ3) is 3.41. The molecule has 3 heterocycles. The van der Waals surface area contributed by atoms with Crippen molar-refractivity contribution in [2.75, 3.05) is 0 Å². The second kappa shape index (κ2) is 8.94. The number of nitrogens with zero attached hydrogens (tertiary/aromatic N) is 2. The van der Waals surface area contributed by atoms with E-state index in [4.69, 9.17) is 0 Å². The van der Waals surface area contributed by atoms with Crippen LogP contribution in [-0.2, 0) is 25.7 Å². The van der Waals surface area contributed by atoms with Gasteiger partial charge in [0, 0.05) is 40.4 Å². The van der Waals surface area contributed by atoms with E-state index in [9.17, 15) is 29.4 Å². The Hall–Kier alpha value is -3.72. The van der Waals surface area contributed by atoms with Gasteiger partial charge in [0.25, 0.3) is 0 Å². The summed E-state index contributed by atoms with van der Waals surface area (Å²) in [5, 5.41) is 25.1. The minimum absolute atomic E-state index is 0.267. The van der Waals surface area contributed by atoms with Crippen molar-refractivity contribution in [3.05, 3.63) is 48.0 Å². The van der Waals surface area contributed by atoms with Gasteiger partial charge < -0.3 is 14.8 Å². The molecule has 3 fully saturated rings. The molecule has 9 nitrogen and oxygen atoms in total. The van der Waals surface area contributed by atoms with Gasteiger partial charge in [-0.2, -0.15) is 0 Å². The van der Waals surface area contributed by atoms with Gasteiger partial charge in [0.05, 0.1) is 18.3 Å². The maximum atomic E-state index is 13.9. The Bertz CT molecular complexity index is 1490. The Kier molecular flexibility index (Phi) is 5.79. The average Bonchev–Trinajstić information content (AvgIpc) is 3.51. The minimum atomic E-state index is -2.08. The van der Waals surface area contributed by atoms with Crippen LogP contribution in [0, 0.1) is 11.8 Å². The molecule has 3 aliphatic rings. The number of aliphatic carboxylic acids is 2. The molecule has 4 atom stereocenters. The average molecular weight is 518 g/mol. The summed E-state index contributed by atoms with van der Waals surface area (Å²) in [6, 6.07) is 12.7. The highest BCUT2D eigenvalue weighted by atomic mass is 16.4. The number of benzene rings is 2. The number of amides is 2. The molecule has 2 amide bonds. The number of aryl methyl sites for hydroxylation is 1. The van der Waals surface area contributed by atoms with Crippen molar-refractivity contribution >= 4 is 45.6 Å². The summed E-state index contributed by atoms with van der Waals surface area (Å²) in [5.74, 6) is -5.99. The van der Waals surface area contributed by atoms with Crippen molar-refractivity contribution in [2.45, 2.75) is 69.6 Å². The van der Waals surface area contributed by atoms with Gasteiger partial charge in [0.1, 0.15) is 5.54 Å². The lowest BCUT2D eigenvalue weighted by molar-refractivity contribution is -0.156. The van der Waals surface area contributed by atoms with Gasteiger partial charge in [-0.15, -0.1) is 0 Å². The molecule has 9 heteroatoms. The summed E-state index contributed by atoms with van der Waals surface area (Å²) in [5.41, 5.74) is 0.677. The molecule has 2 saturated heterocycles. The number of carbonyl (C=O) groups excluding carboxylic acids is 2. The fourth-order valence-electron chi connectivity index (χ4n) is 7.29. The Labute approximate surface area is 219 Å². The van der Waals surface area contributed by atoms with Crippen molar-refractivity contribution in [1.82, 2.24) is 14.8 Å². The smallest absolute Gasteiger partial charge is 0.325 e. The molecule has 3 N–H and O–H groups in total. The van der Waals surface area contributed by atoms with E-state index in [2.05, 4.69) is 16.8 Å². The number of carboxylic acid groups (broad SMARTS) is 2. The molecule has 1 aromatic heterocycles. The van der Waals surface area contributed by atoms with Crippen LogP contribution in [0.2, 0.25) is 0 Å². The van der Waals surface area contributed by atoms with Gasteiger partial charge in [-0.1, -0.05) is 43.5 Å². The van der Waals surface area contributed by atoms with Crippen LogP contribution in [0.3, 0.4) is 0 Å². The molecule has 3 aromatic rings. The van der Waals surface area contributed by atoms with E-state index in [1.54, 1.807) is 0 Å². The van der Waals surface area contributed by atoms with Crippen LogP contribution >= 0.6 is 0 Å². The van der Waals surface area contributed by atoms with Crippen molar-refractivity contribution in [1.29, 1.82) is 0 Å². The third-order valence-electron chi connectivity index (χ3n) is 8.91. The van der Waals surface area contributed by atoms with Crippen molar-refractivity contribution in [3.63, 3.8) is 0 Å². The van der Waals surface area contributed by atoms with Gasteiger partial charge in [-0.25, -0.2) is 0 Å². The predicted octanol–water partition coefficient (Wildman–Crippen LogP) is 3.69. The van der Waals surface area contributed by atoms with Crippen LogP contribution in [0.4, 0.5) is 0 Å². The number of nitrogens with one attached hydrogen (secondary N) is 1. The van der Waals surface area contributed by atoms with Crippen LogP contribution < -0.4 is 5.32 Å². The largest absolute Gasteiger partial charge is 0.481 e. The van der Waals surface area contributed by atoms with Gasteiger partial charge >= 0.3 is 11.9 Å². The number of imide groups is 1. The van der Waals surface area contributed by atoms with Crippen molar-refractivity contribution in [2.24, 2.45) is 11.8 Å². The van der Waals surface area contributed by atoms with Gasteiger partial charge in [0.2, 0.25) is 11.8 Å². The van der Waals surface area contributed by atoms with E-state index in [-0.39, 0.29) is 6.04 Å². The normalized spacial score (nSPS) is 27.9. The molecule has 0 bridgehead atoms. The van der Waals surface area contributed by atoms with E-state index in [0.717, 1.165) is 47.6 Å². The number of hydrogen-bond acceptors (Lipinski definition) is 5. The second-order valence-electron chi connectivity index (χ2n) is 10.8. The monoisotopic (exact) mass is 517 g/mol. The Morgan fingerprint density at radius 1 is 0.974 bits per heavy atom. The lowest BCUT2D eigenvalue weighted by Crippen LogP contribution is -2.57. The highest BCUT2D eigenvalue weighted by Crippen LogP contribution is 2.51. The number of hydrogen-bond donors (Lipinski definition) is 3. The molecule has 2 aromatic carbocycles. The first-order chi connectivity index (χ1) is 18.3. The lowest BCUT2D eigenvalue weighted by atomic mass is 9.77. The molecule has 2 aliphatic heterocycles. The summed E-state index contributed by atoms with van der Waals surface area (Å²) >= 11 is 0. The zero-order valence-electron chi connectivity index (χ0n) is 21.2. The van der Waals surface area contributed by atoms with Crippen LogP contribution in [0.1, 0.15) is 57.1 Å². The zero-order chi connectivity index (χ0) is 26.8. The van der Waals surface area contributed by atoms with Crippen LogP contribution in [-0.4, -0.2) is 55.0 Å². The third-order valence-corrected chi connectivity index (χ3v) is 8.91. The fourth-order valence-corrected chi connectivity index (χ4v) is 7.29. The Balaban J connectivity index is 1.51. The molecule has 0 radical (unpaired) electrons. The van der Waals surface area contributed by atoms with Crippen molar-refractivity contribution in [3.8, 4) is 0 Å². The molecular formula is C29H31N3O6. The quantitative estimate of drug-likeness (QED) is 0.425. The summed E-state index contributed by atoms with van der Waals surface area (Å²) in [7, 11) is 0. The van der Waals surface area contributed by atoms with Crippen molar-refractivity contribution < 1.29 is 29.4 Å². The highest BCUT2D eigenvalue weighted by molar-refractivity contribution is 6.11. The lowest BCUT2D eigenvalue weighted by Gasteiger charge is -2.34. The second-order valence-corrected chi connectivity index (χ2v) is 10.8. The Morgan fingerprint density at radius 2 is 1.68 bits per heavy atom. The summed E-state index contributed by atoms with van der Waals surface area (Å²) < 4.78 is 2.19. The molecule has 6 rings (SSSR count). The molecule has 0 spiro atoms. The summed E-state index contributed by atoms with van der Waals surface area (Å²) in [6.45, 7) is 2.83. The summed E-state index contributed by atoms with van der Waals surface area (Å²) in [6.07, 6.45) is 3.42. The van der Waals surface area contributed by atoms with Crippen LogP contribution in [0.15, 0.2) is 42.5 Å². The highest BCUT2D eigenvalue weighted by Gasteiger charge is 2.69. The maximum Gasteiger partial charge on any atom is 0.325 e. The predicted molar refractivity (Wildman–Crippen MR) is 139 cm³/mol. The number of rotatable bonds is 6. The maximum absolute atomic E-state index is 13.9. The first-order valence-corrected chi connectivity index (χ1v) is 13.4. The number of aromatic nitrogens is 1. The van der Waals surface area contributed by atoms with Gasteiger partial charge in [0.15, 0.2) is 0 Å². The topological polar surface area (TPSA) is 129 Å². The number of carboxylic acids is 2. The summed E-state index contributed by atoms with van der Waals surface area (Å²) in [4.78, 5) is 53.7. The molecule has 38 heavy (non-hydrogen) atoms. The minimum Gasteiger partial charge on any atom is -0.481 e. The van der Waals surface area contributed by atoms with Gasteiger partial charge in [-0.05, 0) is 43.5 Å². The first-order valence-electron chi connectivity index (χ1n) is 13.4. The molecule has 198 valence electrons. The fraction of sp³-hybridized carbons (Fsp3) is 0.448. The SMILES string of the molecule is CCn1c2ccccc2c2cc(C3NC(CC(=O)O)(C(=O)O)C4C(=O)N(C5CCCCC5)C(=O)C34)ccc21. The number of fused-ring (bicyclic) bond motifs is 4. The van der Waals surface area contributed by atoms with E-state index < -0.39 is 53.6 Å². The van der Waals surface area contributed by atoms with E-state index >= 15 is 0 Å². The van der Waals surface area contributed by atoms with E-state index in [1.165, 1.54) is 4.90 Å². The standard InChI is InChI=1S/C29H31N3O6/c1-2-31-20-11-7-6-10-18(20)19-14-16(12-13-21(19)31)25-23-24(29(30-25,28(37)38)15-22(33)34)27(36)32(26(23)35)17-8-4-3-5-9-17/h6-7,10-14,17,23-25,30H,2-5,8-9,15H2,1H3,(H,33,34)(H,37,38). The zero-order valence-corrected chi connectivity index (χ0v) is 21.2. The van der Waals surface area contributed by atoms with Crippen LogP contribution in [0.25, 0.3) is 21.8 Å².